The zero-order chi connectivity index (χ0) is 18.7. The van der Waals surface area contributed by atoms with Gasteiger partial charge in [-0.05, 0) is 30.7 Å². The predicted molar refractivity (Wildman–Crippen MR) is 103 cm³/mol. The first-order chi connectivity index (χ1) is 12.5. The highest BCUT2D eigenvalue weighted by Crippen LogP contribution is 2.40. The summed E-state index contributed by atoms with van der Waals surface area (Å²) in [6.07, 6.45) is 0. The maximum atomic E-state index is 12.6. The van der Waals surface area contributed by atoms with Crippen LogP contribution in [0.2, 0.25) is 0 Å². The van der Waals surface area contributed by atoms with E-state index in [2.05, 4.69) is 0 Å². The number of anilines is 1. The molecule has 0 spiro atoms. The minimum absolute atomic E-state index is 0.109. The molecular weight excluding hydrogens is 350 g/mol. The van der Waals surface area contributed by atoms with E-state index in [0.29, 0.717) is 22.5 Å². The Morgan fingerprint density at radius 1 is 1.15 bits per heavy atom. The van der Waals surface area contributed by atoms with E-state index in [-0.39, 0.29) is 18.3 Å². The number of phenolic OH excluding ortho intramolecular Hbond substituents is 1. The monoisotopic (exact) mass is 369 g/mol. The molecule has 0 saturated heterocycles. The molecule has 3 aromatic rings. The van der Waals surface area contributed by atoms with Crippen LogP contribution in [0, 0.1) is 0 Å². The summed E-state index contributed by atoms with van der Waals surface area (Å²) in [5.41, 5.74) is 1.32. The van der Waals surface area contributed by atoms with E-state index in [1.165, 1.54) is 24.3 Å². The van der Waals surface area contributed by atoms with E-state index in [9.17, 15) is 14.7 Å². The summed E-state index contributed by atoms with van der Waals surface area (Å²) >= 11 is 1.29. The van der Waals surface area contributed by atoms with Crippen molar-refractivity contribution in [2.45, 2.75) is 20.4 Å². The van der Waals surface area contributed by atoms with E-state index in [1.54, 1.807) is 24.0 Å². The van der Waals surface area contributed by atoms with E-state index >= 15 is 0 Å². The highest BCUT2D eigenvalue weighted by atomic mass is 32.1. The van der Waals surface area contributed by atoms with Crippen molar-refractivity contribution in [3.8, 4) is 5.75 Å². The third-order valence-electron chi connectivity index (χ3n) is 3.94. The number of fused-ring (bicyclic) bond motifs is 1. The Hall–Kier alpha value is -2.86. The number of amides is 1. The minimum Gasteiger partial charge on any atom is -0.508 e. The summed E-state index contributed by atoms with van der Waals surface area (Å²) in [4.78, 5) is 26.5. The second-order valence-corrected chi connectivity index (χ2v) is 6.80. The van der Waals surface area contributed by atoms with E-state index < -0.39 is 5.97 Å². The SMILES string of the molecule is CCOC(=O)c1c(N(Cc2ccccc2)C(C)=O)sc2cc(O)ccc12. The molecule has 1 amide bonds. The minimum atomic E-state index is -0.473. The van der Waals surface area contributed by atoms with Crippen LogP contribution in [0.3, 0.4) is 0 Å². The summed E-state index contributed by atoms with van der Waals surface area (Å²) < 4.78 is 5.94. The van der Waals surface area contributed by atoms with Gasteiger partial charge in [-0.2, -0.15) is 0 Å². The Bertz CT molecular complexity index is 949. The van der Waals surface area contributed by atoms with E-state index in [4.69, 9.17) is 4.74 Å². The van der Waals surface area contributed by atoms with Crippen LogP contribution in [0.15, 0.2) is 48.5 Å². The van der Waals surface area contributed by atoms with Crippen LogP contribution < -0.4 is 4.90 Å². The summed E-state index contributed by atoms with van der Waals surface area (Å²) in [5.74, 6) is -0.535. The fourth-order valence-electron chi connectivity index (χ4n) is 2.76. The number of hydrogen-bond donors (Lipinski definition) is 1. The first-order valence-electron chi connectivity index (χ1n) is 8.26. The van der Waals surface area contributed by atoms with Gasteiger partial charge in [-0.15, -0.1) is 11.3 Å². The first kappa shape index (κ1) is 17.9. The Morgan fingerprint density at radius 2 is 1.88 bits per heavy atom. The third-order valence-corrected chi connectivity index (χ3v) is 5.12. The molecule has 0 fully saturated rings. The molecule has 2 aromatic carbocycles. The molecule has 1 heterocycles. The van der Waals surface area contributed by atoms with Gasteiger partial charge in [0.15, 0.2) is 0 Å². The smallest absolute Gasteiger partial charge is 0.341 e. The number of rotatable bonds is 5. The molecule has 26 heavy (non-hydrogen) atoms. The van der Waals surface area contributed by atoms with Crippen molar-refractivity contribution >= 4 is 38.3 Å². The summed E-state index contributed by atoms with van der Waals surface area (Å²) in [6.45, 7) is 3.80. The van der Waals surface area contributed by atoms with Crippen molar-refractivity contribution < 1.29 is 19.4 Å². The largest absolute Gasteiger partial charge is 0.508 e. The second-order valence-electron chi connectivity index (χ2n) is 5.77. The Labute approximate surface area is 155 Å². The predicted octanol–water partition coefficient (Wildman–Crippen LogP) is 4.34. The van der Waals surface area contributed by atoms with E-state index in [0.717, 1.165) is 10.3 Å². The Balaban J connectivity index is 2.15. The Morgan fingerprint density at radius 3 is 2.54 bits per heavy atom. The number of hydrogen-bond acceptors (Lipinski definition) is 5. The average molecular weight is 369 g/mol. The molecule has 0 saturated carbocycles. The lowest BCUT2D eigenvalue weighted by Gasteiger charge is -2.21. The quantitative estimate of drug-likeness (QED) is 0.680. The average Bonchev–Trinajstić information content (AvgIpc) is 2.98. The number of carbonyl (C=O) groups is 2. The molecule has 1 aromatic heterocycles. The standard InChI is InChI=1S/C20H19NO4S/c1-3-25-20(24)18-16-10-9-15(23)11-17(16)26-19(18)21(13(2)22)12-14-7-5-4-6-8-14/h4-11,23H,3,12H2,1-2H3. The van der Waals surface area contributed by atoms with Crippen LogP contribution in [0.25, 0.3) is 10.1 Å². The zero-order valence-electron chi connectivity index (χ0n) is 14.6. The van der Waals surface area contributed by atoms with Crippen LogP contribution in [0.4, 0.5) is 5.00 Å². The van der Waals surface area contributed by atoms with E-state index in [1.807, 2.05) is 30.3 Å². The Kier molecular flexibility index (Phi) is 5.23. The van der Waals surface area contributed by atoms with Crippen molar-refractivity contribution in [2.24, 2.45) is 0 Å². The normalized spacial score (nSPS) is 10.7. The number of ether oxygens (including phenoxy) is 1. The van der Waals surface area contributed by atoms with Crippen molar-refractivity contribution in [2.75, 3.05) is 11.5 Å². The van der Waals surface area contributed by atoms with Gasteiger partial charge in [0.25, 0.3) is 0 Å². The maximum Gasteiger partial charge on any atom is 0.341 e. The number of nitrogens with zero attached hydrogens (tertiary/aromatic N) is 1. The van der Waals surface area contributed by atoms with Gasteiger partial charge in [-0.3, -0.25) is 9.69 Å². The summed E-state index contributed by atoms with van der Waals surface area (Å²) in [6, 6.07) is 14.4. The van der Waals surface area contributed by atoms with Gasteiger partial charge >= 0.3 is 5.97 Å². The fourth-order valence-corrected chi connectivity index (χ4v) is 4.02. The first-order valence-corrected chi connectivity index (χ1v) is 9.07. The summed E-state index contributed by atoms with van der Waals surface area (Å²) in [7, 11) is 0. The molecule has 5 nitrogen and oxygen atoms in total. The van der Waals surface area contributed by atoms with Crippen molar-refractivity contribution in [1.29, 1.82) is 0 Å². The molecule has 0 bridgehead atoms. The van der Waals surface area contributed by atoms with Gasteiger partial charge in [0, 0.05) is 17.0 Å². The van der Waals surface area contributed by atoms with Gasteiger partial charge < -0.3 is 9.84 Å². The zero-order valence-corrected chi connectivity index (χ0v) is 15.4. The topological polar surface area (TPSA) is 66.8 Å². The molecular formula is C20H19NO4S. The third kappa shape index (κ3) is 3.55. The molecule has 3 rings (SSSR count). The van der Waals surface area contributed by atoms with Crippen LogP contribution in [0.1, 0.15) is 29.8 Å². The van der Waals surface area contributed by atoms with Gasteiger partial charge in [0.2, 0.25) is 5.91 Å². The number of thiophene rings is 1. The molecule has 0 radical (unpaired) electrons. The summed E-state index contributed by atoms with van der Waals surface area (Å²) in [5, 5.41) is 11.0. The lowest BCUT2D eigenvalue weighted by Crippen LogP contribution is -2.28. The molecule has 0 unspecified atom stereocenters. The molecule has 0 aliphatic carbocycles. The van der Waals surface area contributed by atoms with Gasteiger partial charge in [-0.25, -0.2) is 4.79 Å². The van der Waals surface area contributed by atoms with Crippen molar-refractivity contribution in [3.63, 3.8) is 0 Å². The number of aromatic hydroxyl groups is 1. The number of carbonyl (C=O) groups excluding carboxylic acids is 2. The van der Waals surface area contributed by atoms with Crippen LogP contribution in [0.5, 0.6) is 5.75 Å². The maximum absolute atomic E-state index is 12.6. The van der Waals surface area contributed by atoms with Crippen LogP contribution >= 0.6 is 11.3 Å². The van der Waals surface area contributed by atoms with Gasteiger partial charge in [-0.1, -0.05) is 30.3 Å². The lowest BCUT2D eigenvalue weighted by molar-refractivity contribution is -0.116. The van der Waals surface area contributed by atoms with Crippen LogP contribution in [-0.2, 0) is 16.1 Å². The van der Waals surface area contributed by atoms with Gasteiger partial charge in [0.1, 0.15) is 16.3 Å². The highest BCUT2D eigenvalue weighted by molar-refractivity contribution is 7.23. The lowest BCUT2D eigenvalue weighted by atomic mass is 10.1. The molecule has 0 aliphatic heterocycles. The molecule has 0 atom stereocenters. The highest BCUT2D eigenvalue weighted by Gasteiger charge is 2.26. The van der Waals surface area contributed by atoms with Gasteiger partial charge in [0.05, 0.1) is 13.2 Å². The molecule has 1 N–H and O–H groups in total. The number of benzene rings is 2. The molecule has 134 valence electrons. The fraction of sp³-hybridized carbons (Fsp3) is 0.200. The van der Waals surface area contributed by atoms with Crippen LogP contribution in [-0.4, -0.2) is 23.6 Å². The van der Waals surface area contributed by atoms with Crippen molar-refractivity contribution in [1.82, 2.24) is 0 Å². The molecule has 6 heteroatoms. The van der Waals surface area contributed by atoms with Crippen molar-refractivity contribution in [3.05, 3.63) is 59.7 Å². The number of esters is 1. The number of phenols is 1. The molecule has 0 aliphatic rings. The second kappa shape index (κ2) is 7.58.